The summed E-state index contributed by atoms with van der Waals surface area (Å²) in [6.45, 7) is 0. The van der Waals surface area contributed by atoms with E-state index < -0.39 is 29.0 Å². The van der Waals surface area contributed by atoms with Gasteiger partial charge in [-0.3, -0.25) is 4.98 Å². The largest absolute Gasteiger partial charge is 0.416 e. The summed E-state index contributed by atoms with van der Waals surface area (Å²) >= 11 is 0. The number of nitriles is 1. The fourth-order valence-corrected chi connectivity index (χ4v) is 2.38. The number of hydrogen-bond acceptors (Lipinski definition) is 4. The highest BCUT2D eigenvalue weighted by Crippen LogP contribution is 2.38. The Bertz CT molecular complexity index is 1060. The van der Waals surface area contributed by atoms with Crippen LogP contribution in [0.4, 0.5) is 26.3 Å². The van der Waals surface area contributed by atoms with Crippen molar-refractivity contribution >= 4 is 11.8 Å². The average Bonchev–Trinajstić information content (AvgIpc) is 3.14. The Balaban J connectivity index is 2.04. The molecule has 0 saturated carbocycles. The van der Waals surface area contributed by atoms with E-state index in [9.17, 15) is 31.6 Å². The number of pyridine rings is 1. The van der Waals surface area contributed by atoms with Gasteiger partial charge in [-0.15, -0.1) is 5.10 Å². The smallest absolute Gasteiger partial charge is 0.264 e. The van der Waals surface area contributed by atoms with Crippen molar-refractivity contribution in [3.8, 4) is 17.5 Å². The second-order valence-corrected chi connectivity index (χ2v) is 5.74. The number of benzene rings is 1. The predicted octanol–water partition coefficient (Wildman–Crippen LogP) is 4.90. The van der Waals surface area contributed by atoms with Gasteiger partial charge in [0.05, 0.1) is 16.7 Å². The molecule has 0 spiro atoms. The lowest BCUT2D eigenvalue weighted by molar-refractivity contribution is -0.143. The maximum Gasteiger partial charge on any atom is 0.416 e. The lowest BCUT2D eigenvalue weighted by Crippen LogP contribution is -2.11. The molecule has 148 valence electrons. The van der Waals surface area contributed by atoms with Crippen molar-refractivity contribution in [1.29, 1.82) is 5.26 Å². The van der Waals surface area contributed by atoms with E-state index in [1.54, 1.807) is 12.1 Å². The summed E-state index contributed by atoms with van der Waals surface area (Å²) in [6.07, 6.45) is -4.75. The third kappa shape index (κ3) is 4.60. The monoisotopic (exact) mass is 409 g/mol. The van der Waals surface area contributed by atoms with Crippen LogP contribution in [0.25, 0.3) is 23.2 Å². The standard InChI is InChI=1S/C18H9F6N5/c19-17(20,21)14-4-12(5-15(6-14)18(22,23)24)16-27-10-29(28-16)9-13(7-25)11-2-1-3-26-8-11/h1-6,8-10H/b13-9-. The van der Waals surface area contributed by atoms with Crippen LogP contribution in [0, 0.1) is 11.3 Å². The minimum absolute atomic E-state index is 0.0244. The van der Waals surface area contributed by atoms with Crippen LogP contribution in [-0.4, -0.2) is 19.7 Å². The molecule has 0 unspecified atom stereocenters. The molecule has 0 radical (unpaired) electrons. The highest BCUT2D eigenvalue weighted by atomic mass is 19.4. The summed E-state index contributed by atoms with van der Waals surface area (Å²) in [6, 6.07) is 6.19. The molecule has 0 aliphatic carbocycles. The highest BCUT2D eigenvalue weighted by Gasteiger charge is 2.37. The van der Waals surface area contributed by atoms with Gasteiger partial charge >= 0.3 is 12.4 Å². The summed E-state index contributed by atoms with van der Waals surface area (Å²) in [4.78, 5) is 7.62. The van der Waals surface area contributed by atoms with Gasteiger partial charge in [0.25, 0.3) is 0 Å². The van der Waals surface area contributed by atoms with E-state index in [0.29, 0.717) is 17.7 Å². The van der Waals surface area contributed by atoms with Crippen LogP contribution in [0.15, 0.2) is 49.1 Å². The predicted molar refractivity (Wildman–Crippen MR) is 89.5 cm³/mol. The molecule has 0 aliphatic heterocycles. The van der Waals surface area contributed by atoms with E-state index in [-0.39, 0.29) is 17.5 Å². The average molecular weight is 409 g/mol. The van der Waals surface area contributed by atoms with Crippen LogP contribution in [0.5, 0.6) is 0 Å². The highest BCUT2D eigenvalue weighted by molar-refractivity contribution is 5.84. The quantitative estimate of drug-likeness (QED) is 0.456. The maximum atomic E-state index is 13.0. The minimum Gasteiger partial charge on any atom is -0.264 e. The third-order valence-electron chi connectivity index (χ3n) is 3.71. The van der Waals surface area contributed by atoms with Crippen molar-refractivity contribution in [3.63, 3.8) is 0 Å². The molecule has 3 aromatic rings. The van der Waals surface area contributed by atoms with Crippen LogP contribution in [0.3, 0.4) is 0 Å². The Hall–Kier alpha value is -3.68. The molecule has 3 rings (SSSR count). The first-order valence-electron chi connectivity index (χ1n) is 7.81. The molecule has 0 aliphatic rings. The van der Waals surface area contributed by atoms with Crippen LogP contribution in [-0.2, 0) is 12.4 Å². The van der Waals surface area contributed by atoms with Gasteiger partial charge in [-0.05, 0) is 24.3 Å². The molecular weight excluding hydrogens is 400 g/mol. The molecular formula is C18H9F6N5. The maximum absolute atomic E-state index is 13.0. The van der Waals surface area contributed by atoms with Gasteiger partial charge in [-0.2, -0.15) is 31.6 Å². The second kappa shape index (κ2) is 7.38. The molecule has 2 heterocycles. The molecule has 0 N–H and O–H groups in total. The van der Waals surface area contributed by atoms with Crippen LogP contribution >= 0.6 is 0 Å². The van der Waals surface area contributed by atoms with E-state index in [1.807, 2.05) is 6.07 Å². The number of hydrogen-bond donors (Lipinski definition) is 0. The first-order valence-corrected chi connectivity index (χ1v) is 7.81. The molecule has 0 bridgehead atoms. The molecule has 11 heteroatoms. The SMILES string of the molecule is N#C/C(=C/n1cnc(-c2cc(C(F)(F)F)cc(C(F)(F)F)c2)n1)c1cccnc1. The minimum atomic E-state index is -4.98. The van der Waals surface area contributed by atoms with Crippen molar-refractivity contribution in [1.82, 2.24) is 19.7 Å². The first kappa shape index (κ1) is 20.1. The molecule has 0 atom stereocenters. The molecule has 5 nitrogen and oxygen atoms in total. The van der Waals surface area contributed by atoms with Gasteiger partial charge < -0.3 is 0 Å². The van der Waals surface area contributed by atoms with Gasteiger partial charge in [-0.25, -0.2) is 9.67 Å². The summed E-state index contributed by atoms with van der Waals surface area (Å²) in [5, 5.41) is 13.1. The van der Waals surface area contributed by atoms with Gasteiger partial charge in [0.1, 0.15) is 12.4 Å². The summed E-state index contributed by atoms with van der Waals surface area (Å²) in [5.41, 5.74) is -2.83. The van der Waals surface area contributed by atoms with E-state index >= 15 is 0 Å². The van der Waals surface area contributed by atoms with Crippen molar-refractivity contribution in [2.45, 2.75) is 12.4 Å². The van der Waals surface area contributed by atoms with Crippen LogP contribution < -0.4 is 0 Å². The topological polar surface area (TPSA) is 67.4 Å². The Kier molecular flexibility index (Phi) is 5.11. The van der Waals surface area contributed by atoms with Gasteiger partial charge in [-0.1, -0.05) is 6.07 Å². The van der Waals surface area contributed by atoms with Crippen molar-refractivity contribution in [2.24, 2.45) is 0 Å². The molecule has 0 saturated heterocycles. The Morgan fingerprint density at radius 1 is 1.03 bits per heavy atom. The number of nitrogens with zero attached hydrogens (tertiary/aromatic N) is 5. The lowest BCUT2D eigenvalue weighted by Gasteiger charge is -2.13. The second-order valence-electron chi connectivity index (χ2n) is 5.74. The van der Waals surface area contributed by atoms with Gasteiger partial charge in [0.2, 0.25) is 0 Å². The fraction of sp³-hybridized carbons (Fsp3) is 0.111. The number of rotatable bonds is 3. The summed E-state index contributed by atoms with van der Waals surface area (Å²) in [7, 11) is 0. The molecule has 1 aromatic carbocycles. The van der Waals surface area contributed by atoms with E-state index in [2.05, 4.69) is 15.1 Å². The Morgan fingerprint density at radius 3 is 2.21 bits per heavy atom. The number of alkyl halides is 6. The zero-order valence-corrected chi connectivity index (χ0v) is 14.2. The van der Waals surface area contributed by atoms with E-state index in [0.717, 1.165) is 11.0 Å². The summed E-state index contributed by atoms with van der Waals surface area (Å²) < 4.78 is 79.0. The molecule has 0 fully saturated rings. The van der Waals surface area contributed by atoms with Crippen molar-refractivity contribution in [3.05, 3.63) is 65.7 Å². The number of aromatic nitrogens is 4. The van der Waals surface area contributed by atoms with Crippen LogP contribution in [0.2, 0.25) is 0 Å². The zero-order valence-electron chi connectivity index (χ0n) is 14.2. The molecule has 29 heavy (non-hydrogen) atoms. The third-order valence-corrected chi connectivity index (χ3v) is 3.71. The summed E-state index contributed by atoms with van der Waals surface area (Å²) in [5.74, 6) is -0.360. The Labute approximate surface area is 159 Å². The molecule has 0 amide bonds. The normalized spacial score (nSPS) is 12.7. The number of allylic oxidation sites excluding steroid dienone is 1. The molecule has 2 aromatic heterocycles. The van der Waals surface area contributed by atoms with Crippen molar-refractivity contribution in [2.75, 3.05) is 0 Å². The van der Waals surface area contributed by atoms with Gasteiger partial charge in [0, 0.05) is 29.7 Å². The fourth-order valence-electron chi connectivity index (χ4n) is 2.38. The lowest BCUT2D eigenvalue weighted by atomic mass is 10.0. The van der Waals surface area contributed by atoms with Crippen LogP contribution in [0.1, 0.15) is 16.7 Å². The zero-order chi connectivity index (χ0) is 21.2. The van der Waals surface area contributed by atoms with E-state index in [1.165, 1.54) is 18.6 Å². The van der Waals surface area contributed by atoms with E-state index in [4.69, 9.17) is 0 Å². The van der Waals surface area contributed by atoms with Crippen molar-refractivity contribution < 1.29 is 26.3 Å². The van der Waals surface area contributed by atoms with Gasteiger partial charge in [0.15, 0.2) is 5.82 Å². The first-order chi connectivity index (χ1) is 13.6. The number of halogens is 6. The Morgan fingerprint density at radius 2 is 1.69 bits per heavy atom.